The van der Waals surface area contributed by atoms with Crippen LogP contribution in [0.5, 0.6) is 0 Å². The number of benzene rings is 1. The van der Waals surface area contributed by atoms with Gasteiger partial charge in [-0.25, -0.2) is 8.78 Å². The molecular weight excluding hydrogens is 266 g/mol. The van der Waals surface area contributed by atoms with Crippen molar-refractivity contribution in [3.05, 3.63) is 41.5 Å². The van der Waals surface area contributed by atoms with Crippen molar-refractivity contribution < 1.29 is 8.78 Å². The van der Waals surface area contributed by atoms with E-state index in [4.69, 9.17) is 0 Å². The van der Waals surface area contributed by atoms with Gasteiger partial charge in [0.15, 0.2) is 0 Å². The van der Waals surface area contributed by atoms with Crippen LogP contribution in [0.25, 0.3) is 6.08 Å². The fraction of sp³-hybridized carbons (Fsp3) is 0.579. The molecule has 21 heavy (non-hydrogen) atoms. The summed E-state index contributed by atoms with van der Waals surface area (Å²) in [7, 11) is 0. The van der Waals surface area contributed by atoms with Gasteiger partial charge in [-0.2, -0.15) is 0 Å². The molecule has 1 rings (SSSR count). The van der Waals surface area contributed by atoms with Crippen LogP contribution in [0.15, 0.2) is 24.3 Å². The molecule has 1 aromatic rings. The highest BCUT2D eigenvalue weighted by molar-refractivity contribution is 5.49. The molecule has 0 saturated carbocycles. The number of unbranched alkanes of at least 4 members (excludes halogenated alkanes) is 9. The highest BCUT2D eigenvalue weighted by Crippen LogP contribution is 2.12. The summed E-state index contributed by atoms with van der Waals surface area (Å²) in [6.45, 7) is 2.24. The third-order valence-corrected chi connectivity index (χ3v) is 3.67. The first-order valence-electron chi connectivity index (χ1n) is 8.35. The van der Waals surface area contributed by atoms with Crippen molar-refractivity contribution in [2.75, 3.05) is 0 Å². The Labute approximate surface area is 128 Å². The van der Waals surface area contributed by atoms with E-state index in [9.17, 15) is 8.78 Å². The van der Waals surface area contributed by atoms with Gasteiger partial charge in [0, 0.05) is 6.07 Å². The highest BCUT2D eigenvalue weighted by Gasteiger charge is 1.97. The molecule has 0 aliphatic carbocycles. The van der Waals surface area contributed by atoms with Gasteiger partial charge in [0.05, 0.1) is 0 Å². The first-order valence-corrected chi connectivity index (χ1v) is 8.35. The Hall–Kier alpha value is -1.18. The average molecular weight is 294 g/mol. The third kappa shape index (κ3) is 9.38. The van der Waals surface area contributed by atoms with Gasteiger partial charge in [0.2, 0.25) is 0 Å². The fourth-order valence-electron chi connectivity index (χ4n) is 2.46. The maximum atomic E-state index is 13.0. The molecular formula is C19H28F2. The smallest absolute Gasteiger partial charge is 0.126 e. The van der Waals surface area contributed by atoms with Crippen LogP contribution in [0.2, 0.25) is 0 Å². The van der Waals surface area contributed by atoms with Crippen molar-refractivity contribution >= 4 is 6.08 Å². The molecule has 0 radical (unpaired) electrons. The number of halogens is 2. The zero-order valence-electron chi connectivity index (χ0n) is 13.2. The lowest BCUT2D eigenvalue weighted by Crippen LogP contribution is -1.82. The summed E-state index contributed by atoms with van der Waals surface area (Å²) in [5, 5.41) is 0. The molecule has 0 unspecified atom stereocenters. The van der Waals surface area contributed by atoms with Crippen molar-refractivity contribution in [1.82, 2.24) is 0 Å². The Morgan fingerprint density at radius 2 is 1.29 bits per heavy atom. The quantitative estimate of drug-likeness (QED) is 0.389. The van der Waals surface area contributed by atoms with Gasteiger partial charge in [-0.3, -0.25) is 0 Å². The van der Waals surface area contributed by atoms with E-state index < -0.39 is 11.6 Å². The number of allylic oxidation sites excluding steroid dienone is 1. The molecule has 0 fully saturated rings. The predicted molar refractivity (Wildman–Crippen MR) is 87.2 cm³/mol. The topological polar surface area (TPSA) is 0 Å². The van der Waals surface area contributed by atoms with E-state index >= 15 is 0 Å². The van der Waals surface area contributed by atoms with Crippen LogP contribution in [-0.2, 0) is 0 Å². The molecule has 0 aliphatic rings. The summed E-state index contributed by atoms with van der Waals surface area (Å²) in [5.74, 6) is -1.03. The number of hydrogen-bond acceptors (Lipinski definition) is 0. The molecule has 0 bridgehead atoms. The summed E-state index contributed by atoms with van der Waals surface area (Å²) in [6, 6.07) is 3.61. The summed E-state index contributed by atoms with van der Waals surface area (Å²) in [4.78, 5) is 0. The molecule has 0 saturated heterocycles. The molecule has 118 valence electrons. The summed E-state index contributed by atoms with van der Waals surface area (Å²) in [6.07, 6.45) is 16.6. The molecule has 2 heteroatoms. The third-order valence-electron chi connectivity index (χ3n) is 3.67. The Morgan fingerprint density at radius 3 is 1.86 bits per heavy atom. The van der Waals surface area contributed by atoms with Crippen molar-refractivity contribution in [2.45, 2.75) is 71.1 Å². The Kier molecular flexibility index (Phi) is 9.77. The van der Waals surface area contributed by atoms with E-state index in [0.29, 0.717) is 5.56 Å². The van der Waals surface area contributed by atoms with Gasteiger partial charge >= 0.3 is 0 Å². The minimum absolute atomic E-state index is 0.516. The molecule has 0 N–H and O–H groups in total. The lowest BCUT2D eigenvalue weighted by atomic mass is 10.1. The zero-order chi connectivity index (χ0) is 15.3. The van der Waals surface area contributed by atoms with E-state index in [1.165, 1.54) is 63.5 Å². The van der Waals surface area contributed by atoms with E-state index in [1.807, 2.05) is 6.08 Å². The van der Waals surface area contributed by atoms with Gasteiger partial charge in [-0.1, -0.05) is 70.4 Å². The minimum atomic E-state index is -0.516. The molecule has 0 atom stereocenters. The zero-order valence-corrected chi connectivity index (χ0v) is 13.2. The minimum Gasteiger partial charge on any atom is -0.207 e. The van der Waals surface area contributed by atoms with Gasteiger partial charge in [-0.15, -0.1) is 0 Å². The van der Waals surface area contributed by atoms with Crippen LogP contribution in [0, 0.1) is 11.6 Å². The maximum absolute atomic E-state index is 13.0. The molecule has 1 aromatic carbocycles. The van der Waals surface area contributed by atoms with Crippen LogP contribution in [0.3, 0.4) is 0 Å². The van der Waals surface area contributed by atoms with Crippen molar-refractivity contribution in [3.63, 3.8) is 0 Å². The molecule has 0 nitrogen and oxygen atoms in total. The standard InChI is InChI=1S/C19H28F2/c1-2-3-4-5-6-7-8-9-10-11-12-13-17-14-18(20)16-19(21)15-17/h12-16H,2-11H2,1H3/b13-12-. The number of rotatable bonds is 11. The number of hydrogen-bond donors (Lipinski definition) is 0. The summed E-state index contributed by atoms with van der Waals surface area (Å²) < 4.78 is 26.0. The van der Waals surface area contributed by atoms with Crippen LogP contribution >= 0.6 is 0 Å². The summed E-state index contributed by atoms with van der Waals surface area (Å²) in [5.41, 5.74) is 0.600. The maximum Gasteiger partial charge on any atom is 0.126 e. The van der Waals surface area contributed by atoms with Crippen molar-refractivity contribution in [3.8, 4) is 0 Å². The lowest BCUT2D eigenvalue weighted by Gasteiger charge is -2.00. The first-order chi connectivity index (χ1) is 10.2. The lowest BCUT2D eigenvalue weighted by molar-refractivity contribution is 0.566. The van der Waals surface area contributed by atoms with Crippen molar-refractivity contribution in [2.24, 2.45) is 0 Å². The van der Waals surface area contributed by atoms with E-state index in [1.54, 1.807) is 6.08 Å². The van der Waals surface area contributed by atoms with Crippen LogP contribution in [0.4, 0.5) is 8.78 Å². The average Bonchev–Trinajstić information content (AvgIpc) is 2.44. The Balaban J connectivity index is 2.02. The molecule has 0 spiro atoms. The highest BCUT2D eigenvalue weighted by atomic mass is 19.1. The Morgan fingerprint density at radius 1 is 0.762 bits per heavy atom. The first kappa shape index (κ1) is 17.9. The largest absolute Gasteiger partial charge is 0.207 e. The second kappa shape index (κ2) is 11.5. The second-order valence-corrected chi connectivity index (χ2v) is 5.72. The van der Waals surface area contributed by atoms with E-state index in [0.717, 1.165) is 18.9 Å². The van der Waals surface area contributed by atoms with E-state index in [-0.39, 0.29) is 0 Å². The van der Waals surface area contributed by atoms with Crippen LogP contribution < -0.4 is 0 Å². The van der Waals surface area contributed by atoms with E-state index in [2.05, 4.69) is 6.92 Å². The van der Waals surface area contributed by atoms with Crippen LogP contribution in [-0.4, -0.2) is 0 Å². The van der Waals surface area contributed by atoms with Gasteiger partial charge in [-0.05, 0) is 30.5 Å². The molecule has 0 heterocycles. The van der Waals surface area contributed by atoms with Gasteiger partial charge in [0.1, 0.15) is 11.6 Å². The predicted octanol–water partition coefficient (Wildman–Crippen LogP) is 6.90. The Bertz CT molecular complexity index is 390. The molecule has 0 amide bonds. The second-order valence-electron chi connectivity index (χ2n) is 5.72. The molecule has 0 aliphatic heterocycles. The van der Waals surface area contributed by atoms with Crippen molar-refractivity contribution in [1.29, 1.82) is 0 Å². The SMILES string of the molecule is CCCCCCCCCCC/C=C\c1cc(F)cc(F)c1. The monoisotopic (exact) mass is 294 g/mol. The summed E-state index contributed by atoms with van der Waals surface area (Å²) >= 11 is 0. The van der Waals surface area contributed by atoms with Gasteiger partial charge in [0.25, 0.3) is 0 Å². The fourth-order valence-corrected chi connectivity index (χ4v) is 2.46. The van der Waals surface area contributed by atoms with Crippen LogP contribution in [0.1, 0.15) is 76.7 Å². The van der Waals surface area contributed by atoms with Gasteiger partial charge < -0.3 is 0 Å². The molecule has 0 aromatic heterocycles. The normalized spacial score (nSPS) is 11.4.